The van der Waals surface area contributed by atoms with E-state index in [1.807, 2.05) is 12.4 Å². The predicted octanol–water partition coefficient (Wildman–Crippen LogP) is 12.6. The van der Waals surface area contributed by atoms with E-state index in [0.29, 0.717) is 0 Å². The van der Waals surface area contributed by atoms with Gasteiger partial charge in [-0.3, -0.25) is 4.98 Å². The highest BCUT2D eigenvalue weighted by Gasteiger charge is 2.19. The van der Waals surface area contributed by atoms with Gasteiger partial charge in [0.2, 0.25) is 0 Å². The molecular formula is C48H44N2Si. The van der Waals surface area contributed by atoms with Crippen molar-refractivity contribution in [2.24, 2.45) is 0 Å². The van der Waals surface area contributed by atoms with Crippen LogP contribution in [0.3, 0.4) is 0 Å². The predicted molar refractivity (Wildman–Crippen MR) is 222 cm³/mol. The Bertz CT molecular complexity index is 2310. The molecule has 0 saturated heterocycles. The lowest BCUT2D eigenvalue weighted by Crippen LogP contribution is -2.37. The van der Waals surface area contributed by atoms with Crippen LogP contribution in [-0.2, 0) is 12.8 Å². The summed E-state index contributed by atoms with van der Waals surface area (Å²) in [5.41, 5.74) is 13.7. The van der Waals surface area contributed by atoms with Gasteiger partial charge in [-0.2, -0.15) is 0 Å². The second-order valence-corrected chi connectivity index (χ2v) is 19.9. The van der Waals surface area contributed by atoms with E-state index in [4.69, 9.17) is 0 Å². The lowest BCUT2D eigenvalue weighted by atomic mass is 9.91. The molecule has 0 unspecified atom stereocenters. The molecule has 0 fully saturated rings. The van der Waals surface area contributed by atoms with E-state index < -0.39 is 8.07 Å². The average Bonchev–Trinajstić information content (AvgIpc) is 3.18. The molecule has 51 heavy (non-hydrogen) atoms. The standard InChI is InChI=1S/C48H44N2Si/c1-51(2,3)46-30-25-41(26-31-46)39-20-16-36(17-21-39)13-12-35-14-18-38(19-15-35)40-22-27-44(28-23-40)50(45-29-24-37-8-4-5-9-42(37)32-45)48-34-49-33-43-10-6-7-11-47(43)48/h6-7,10-34H,4-5,8-9H2,1-3H3/b13-12+. The Morgan fingerprint density at radius 2 is 1.06 bits per heavy atom. The zero-order chi connectivity index (χ0) is 34.8. The lowest BCUT2D eigenvalue weighted by molar-refractivity contribution is 0.685. The number of rotatable bonds is 8. The summed E-state index contributed by atoms with van der Waals surface area (Å²) >= 11 is 0. The van der Waals surface area contributed by atoms with Crippen LogP contribution in [0.25, 0.3) is 45.2 Å². The normalized spacial score (nSPS) is 13.0. The molecule has 1 aromatic heterocycles. The Kier molecular flexibility index (Phi) is 8.98. The largest absolute Gasteiger partial charge is 0.308 e. The third-order valence-electron chi connectivity index (χ3n) is 10.3. The third kappa shape index (κ3) is 7.08. The van der Waals surface area contributed by atoms with Gasteiger partial charge in [-0.25, -0.2) is 0 Å². The first kappa shape index (κ1) is 32.7. The van der Waals surface area contributed by atoms with Crippen molar-refractivity contribution in [2.75, 3.05) is 4.90 Å². The number of benzene rings is 6. The molecule has 1 aliphatic carbocycles. The Morgan fingerprint density at radius 3 is 1.67 bits per heavy atom. The molecule has 0 aliphatic heterocycles. The van der Waals surface area contributed by atoms with Gasteiger partial charge in [-0.1, -0.05) is 152 Å². The van der Waals surface area contributed by atoms with Crippen molar-refractivity contribution in [3.8, 4) is 22.3 Å². The second kappa shape index (κ2) is 14.0. The summed E-state index contributed by atoms with van der Waals surface area (Å²) in [7, 11) is -1.29. The number of hydrogen-bond acceptors (Lipinski definition) is 2. The van der Waals surface area contributed by atoms with Gasteiger partial charge >= 0.3 is 0 Å². The SMILES string of the molecule is C[Si](C)(C)c1ccc(-c2ccc(/C=C/c3ccc(-c4ccc(N(c5ccc6c(c5)CCCC6)c5cncc6ccccc56)cc4)cc3)cc2)cc1. The number of nitrogens with zero attached hydrogens (tertiary/aromatic N) is 2. The Morgan fingerprint density at radius 1 is 0.529 bits per heavy atom. The molecule has 250 valence electrons. The zero-order valence-electron chi connectivity index (χ0n) is 29.8. The van der Waals surface area contributed by atoms with Gasteiger partial charge in [-0.05, 0) is 94.5 Å². The molecule has 1 aliphatic rings. The number of anilines is 3. The van der Waals surface area contributed by atoms with Gasteiger partial charge in [0.05, 0.1) is 20.0 Å². The van der Waals surface area contributed by atoms with E-state index >= 15 is 0 Å². The van der Waals surface area contributed by atoms with Crippen LogP contribution in [0.5, 0.6) is 0 Å². The number of fused-ring (bicyclic) bond motifs is 2. The number of aromatic nitrogens is 1. The summed E-state index contributed by atoms with van der Waals surface area (Å²) in [5.74, 6) is 0. The highest BCUT2D eigenvalue weighted by Crippen LogP contribution is 2.40. The molecule has 0 atom stereocenters. The minimum absolute atomic E-state index is 1.10. The van der Waals surface area contributed by atoms with Crippen LogP contribution in [-0.4, -0.2) is 13.1 Å². The molecule has 6 aromatic carbocycles. The van der Waals surface area contributed by atoms with Crippen molar-refractivity contribution in [1.82, 2.24) is 4.98 Å². The van der Waals surface area contributed by atoms with Crippen molar-refractivity contribution in [3.63, 3.8) is 0 Å². The van der Waals surface area contributed by atoms with Crippen LogP contribution in [0.2, 0.25) is 19.6 Å². The molecule has 0 amide bonds. The fourth-order valence-corrected chi connectivity index (χ4v) is 8.46. The molecule has 2 nitrogen and oxygen atoms in total. The van der Waals surface area contributed by atoms with Crippen LogP contribution in [0.15, 0.2) is 152 Å². The molecular weight excluding hydrogens is 633 g/mol. The van der Waals surface area contributed by atoms with Gasteiger partial charge in [0.1, 0.15) is 0 Å². The van der Waals surface area contributed by atoms with Crippen LogP contribution >= 0.6 is 0 Å². The summed E-state index contributed by atoms with van der Waals surface area (Å²) in [6.07, 6.45) is 13.2. The van der Waals surface area contributed by atoms with Gasteiger partial charge in [-0.15, -0.1) is 0 Å². The zero-order valence-corrected chi connectivity index (χ0v) is 30.8. The van der Waals surface area contributed by atoms with E-state index in [1.165, 1.54) is 80.0 Å². The summed E-state index contributed by atoms with van der Waals surface area (Å²) < 4.78 is 0. The Balaban J connectivity index is 1.01. The molecule has 0 spiro atoms. The lowest BCUT2D eigenvalue weighted by Gasteiger charge is -2.28. The summed E-state index contributed by atoms with van der Waals surface area (Å²) in [6, 6.07) is 51.4. The van der Waals surface area contributed by atoms with E-state index in [2.05, 4.69) is 181 Å². The van der Waals surface area contributed by atoms with E-state index in [1.54, 1.807) is 0 Å². The Labute approximate surface area is 303 Å². The maximum Gasteiger partial charge on any atom is 0.0775 e. The fourth-order valence-electron chi connectivity index (χ4n) is 7.30. The van der Waals surface area contributed by atoms with Gasteiger partial charge in [0.15, 0.2) is 0 Å². The maximum absolute atomic E-state index is 4.66. The van der Waals surface area contributed by atoms with E-state index in [-0.39, 0.29) is 0 Å². The quantitative estimate of drug-likeness (QED) is 0.118. The first-order chi connectivity index (χ1) is 24.9. The molecule has 0 N–H and O–H groups in total. The first-order valence-corrected chi connectivity index (χ1v) is 21.7. The summed E-state index contributed by atoms with van der Waals surface area (Å²) in [5, 5.41) is 3.83. The molecule has 0 saturated carbocycles. The monoisotopic (exact) mass is 676 g/mol. The molecule has 1 heterocycles. The van der Waals surface area contributed by atoms with Crippen molar-refractivity contribution in [3.05, 3.63) is 174 Å². The topological polar surface area (TPSA) is 16.1 Å². The second-order valence-electron chi connectivity index (χ2n) is 14.8. The highest BCUT2D eigenvalue weighted by molar-refractivity contribution is 6.88. The van der Waals surface area contributed by atoms with Crippen molar-refractivity contribution in [1.29, 1.82) is 0 Å². The van der Waals surface area contributed by atoms with Gasteiger partial charge in [0, 0.05) is 28.3 Å². The van der Waals surface area contributed by atoms with Crippen LogP contribution in [0.1, 0.15) is 35.1 Å². The highest BCUT2D eigenvalue weighted by atomic mass is 28.3. The maximum atomic E-state index is 4.66. The first-order valence-electron chi connectivity index (χ1n) is 18.2. The Hall–Kier alpha value is -5.51. The third-order valence-corrected chi connectivity index (χ3v) is 12.4. The van der Waals surface area contributed by atoms with Crippen molar-refractivity contribution in [2.45, 2.75) is 45.3 Å². The minimum atomic E-state index is -1.29. The molecule has 8 rings (SSSR count). The average molecular weight is 677 g/mol. The summed E-state index contributed by atoms with van der Waals surface area (Å²) in [4.78, 5) is 7.03. The smallest absolute Gasteiger partial charge is 0.0775 e. The number of aryl methyl sites for hydroxylation is 2. The van der Waals surface area contributed by atoms with Gasteiger partial charge in [0.25, 0.3) is 0 Å². The van der Waals surface area contributed by atoms with E-state index in [0.717, 1.165) is 23.2 Å². The van der Waals surface area contributed by atoms with Crippen LogP contribution in [0.4, 0.5) is 17.1 Å². The fraction of sp³-hybridized carbons (Fsp3) is 0.146. The molecule has 7 aromatic rings. The van der Waals surface area contributed by atoms with Crippen LogP contribution < -0.4 is 10.1 Å². The number of pyridine rings is 1. The van der Waals surface area contributed by atoms with Crippen molar-refractivity contribution >= 4 is 53.2 Å². The summed E-state index contributed by atoms with van der Waals surface area (Å²) in [6.45, 7) is 7.18. The molecule has 3 heteroatoms. The van der Waals surface area contributed by atoms with Crippen LogP contribution in [0, 0.1) is 0 Å². The minimum Gasteiger partial charge on any atom is -0.308 e. The van der Waals surface area contributed by atoms with E-state index in [9.17, 15) is 0 Å². The van der Waals surface area contributed by atoms with Gasteiger partial charge < -0.3 is 4.90 Å². The molecule has 0 bridgehead atoms. The molecule has 0 radical (unpaired) electrons. The van der Waals surface area contributed by atoms with Crippen molar-refractivity contribution < 1.29 is 0 Å². The number of hydrogen-bond donors (Lipinski definition) is 0.